The summed E-state index contributed by atoms with van der Waals surface area (Å²) in [5, 5.41) is 3.62. The van der Waals surface area contributed by atoms with Gasteiger partial charge in [-0.3, -0.25) is 4.79 Å². The molecule has 3 rings (SSSR count). The second-order valence-electron chi connectivity index (χ2n) is 5.99. The van der Waals surface area contributed by atoms with Crippen molar-refractivity contribution in [1.82, 2.24) is 10.2 Å². The van der Waals surface area contributed by atoms with E-state index in [1.165, 1.54) is 29.9 Å². The van der Waals surface area contributed by atoms with Crippen LogP contribution >= 0.6 is 11.8 Å². The highest BCUT2D eigenvalue weighted by Crippen LogP contribution is 2.20. The Morgan fingerprint density at radius 3 is 2.67 bits per heavy atom. The molecule has 0 aromatic heterocycles. The highest BCUT2D eigenvalue weighted by molar-refractivity contribution is 7.99. The first kappa shape index (κ1) is 14.9. The molecule has 0 unspecified atom stereocenters. The summed E-state index contributed by atoms with van der Waals surface area (Å²) in [6.45, 7) is 1.64. The number of rotatable bonds is 4. The standard InChI is InChI=1S/C17H24N2OS/c20-17-16(18-15-8-11-21-12-9-15)7-4-10-19(17)13-14-5-2-1-3-6-14/h1-3,5-6,15-16,18H,4,7-13H2/t16-/m0/s1. The van der Waals surface area contributed by atoms with E-state index in [-0.39, 0.29) is 6.04 Å². The number of piperidine rings is 1. The van der Waals surface area contributed by atoms with Gasteiger partial charge in [-0.2, -0.15) is 11.8 Å². The van der Waals surface area contributed by atoms with Crippen LogP contribution in [0.25, 0.3) is 0 Å². The molecule has 0 saturated carbocycles. The summed E-state index contributed by atoms with van der Waals surface area (Å²) in [6.07, 6.45) is 4.51. The van der Waals surface area contributed by atoms with Crippen molar-refractivity contribution in [3.05, 3.63) is 35.9 Å². The van der Waals surface area contributed by atoms with E-state index in [2.05, 4.69) is 17.4 Å². The van der Waals surface area contributed by atoms with Crippen molar-refractivity contribution < 1.29 is 4.79 Å². The molecular weight excluding hydrogens is 280 g/mol. The molecular formula is C17H24N2OS. The van der Waals surface area contributed by atoms with Gasteiger partial charge in [0.1, 0.15) is 0 Å². The molecule has 2 aliphatic rings. The zero-order valence-electron chi connectivity index (χ0n) is 12.5. The molecule has 2 fully saturated rings. The fourth-order valence-corrected chi connectivity index (χ4v) is 4.31. The van der Waals surface area contributed by atoms with E-state index in [9.17, 15) is 4.79 Å². The third-order valence-electron chi connectivity index (χ3n) is 4.41. The Hall–Kier alpha value is -1.00. The minimum absolute atomic E-state index is 0.0376. The second-order valence-corrected chi connectivity index (χ2v) is 7.22. The van der Waals surface area contributed by atoms with E-state index >= 15 is 0 Å². The number of thioether (sulfide) groups is 1. The quantitative estimate of drug-likeness (QED) is 0.928. The Kier molecular flexibility index (Phi) is 5.20. The Morgan fingerprint density at radius 1 is 1.14 bits per heavy atom. The summed E-state index contributed by atoms with van der Waals surface area (Å²) in [6, 6.07) is 10.9. The zero-order chi connectivity index (χ0) is 14.5. The molecule has 3 nitrogen and oxygen atoms in total. The molecule has 2 aliphatic heterocycles. The monoisotopic (exact) mass is 304 g/mol. The van der Waals surface area contributed by atoms with Gasteiger partial charge in [-0.25, -0.2) is 0 Å². The molecule has 0 aliphatic carbocycles. The molecule has 0 bridgehead atoms. The highest BCUT2D eigenvalue weighted by Gasteiger charge is 2.30. The van der Waals surface area contributed by atoms with Gasteiger partial charge in [0.05, 0.1) is 6.04 Å². The van der Waals surface area contributed by atoms with Gasteiger partial charge in [0, 0.05) is 19.1 Å². The lowest BCUT2D eigenvalue weighted by Gasteiger charge is -2.35. The molecule has 1 aromatic rings. The van der Waals surface area contributed by atoms with Crippen LogP contribution < -0.4 is 5.32 Å². The van der Waals surface area contributed by atoms with Gasteiger partial charge in [-0.05, 0) is 42.8 Å². The van der Waals surface area contributed by atoms with Crippen LogP contribution in [-0.2, 0) is 11.3 Å². The van der Waals surface area contributed by atoms with Gasteiger partial charge in [0.25, 0.3) is 0 Å². The normalized spacial score (nSPS) is 24.3. The maximum atomic E-state index is 12.7. The summed E-state index contributed by atoms with van der Waals surface area (Å²) < 4.78 is 0. The number of hydrogen-bond donors (Lipinski definition) is 1. The Balaban J connectivity index is 1.57. The van der Waals surface area contributed by atoms with E-state index in [1.807, 2.05) is 34.9 Å². The predicted octanol–water partition coefficient (Wildman–Crippen LogP) is 2.66. The molecule has 4 heteroatoms. The molecule has 0 radical (unpaired) electrons. The van der Waals surface area contributed by atoms with Gasteiger partial charge in [-0.1, -0.05) is 30.3 Å². The number of carbonyl (C=O) groups excluding carboxylic acids is 1. The van der Waals surface area contributed by atoms with E-state index in [1.54, 1.807) is 0 Å². The van der Waals surface area contributed by atoms with Crippen LogP contribution in [0.5, 0.6) is 0 Å². The van der Waals surface area contributed by atoms with E-state index in [0.717, 1.165) is 25.9 Å². The van der Waals surface area contributed by atoms with Crippen molar-refractivity contribution in [2.75, 3.05) is 18.1 Å². The number of hydrogen-bond acceptors (Lipinski definition) is 3. The largest absolute Gasteiger partial charge is 0.337 e. The predicted molar refractivity (Wildman–Crippen MR) is 88.4 cm³/mol. The minimum Gasteiger partial charge on any atom is -0.337 e. The first-order valence-corrected chi connectivity index (χ1v) is 9.15. The van der Waals surface area contributed by atoms with Crippen LogP contribution in [0.15, 0.2) is 30.3 Å². The molecule has 2 heterocycles. The number of nitrogens with zero attached hydrogens (tertiary/aromatic N) is 1. The van der Waals surface area contributed by atoms with E-state index in [0.29, 0.717) is 11.9 Å². The van der Waals surface area contributed by atoms with E-state index < -0.39 is 0 Å². The molecule has 114 valence electrons. The molecule has 21 heavy (non-hydrogen) atoms. The van der Waals surface area contributed by atoms with Crippen LogP contribution in [0, 0.1) is 0 Å². The van der Waals surface area contributed by atoms with Crippen molar-refractivity contribution in [3.63, 3.8) is 0 Å². The van der Waals surface area contributed by atoms with Crippen molar-refractivity contribution in [2.24, 2.45) is 0 Å². The fourth-order valence-electron chi connectivity index (χ4n) is 3.20. The first-order chi connectivity index (χ1) is 10.3. The zero-order valence-corrected chi connectivity index (χ0v) is 13.3. The maximum Gasteiger partial charge on any atom is 0.240 e. The first-order valence-electron chi connectivity index (χ1n) is 7.99. The van der Waals surface area contributed by atoms with Crippen LogP contribution in [0.2, 0.25) is 0 Å². The smallest absolute Gasteiger partial charge is 0.240 e. The third-order valence-corrected chi connectivity index (χ3v) is 5.45. The number of nitrogens with one attached hydrogen (secondary N) is 1. The summed E-state index contributed by atoms with van der Waals surface area (Å²) in [4.78, 5) is 14.7. The van der Waals surface area contributed by atoms with Crippen LogP contribution in [0.4, 0.5) is 0 Å². The third kappa shape index (κ3) is 4.01. The molecule has 1 amide bonds. The molecule has 0 spiro atoms. The summed E-state index contributed by atoms with van der Waals surface area (Å²) in [5.41, 5.74) is 1.22. The summed E-state index contributed by atoms with van der Waals surface area (Å²) in [7, 11) is 0. The fraction of sp³-hybridized carbons (Fsp3) is 0.588. The second kappa shape index (κ2) is 7.32. The van der Waals surface area contributed by atoms with Gasteiger partial charge >= 0.3 is 0 Å². The van der Waals surface area contributed by atoms with Crippen LogP contribution in [0.1, 0.15) is 31.2 Å². The highest BCUT2D eigenvalue weighted by atomic mass is 32.2. The Bertz CT molecular complexity index is 459. The maximum absolute atomic E-state index is 12.7. The van der Waals surface area contributed by atoms with Gasteiger partial charge < -0.3 is 10.2 Å². The molecule has 1 N–H and O–H groups in total. The average Bonchev–Trinajstić information content (AvgIpc) is 2.53. The molecule has 1 aromatic carbocycles. The SMILES string of the molecule is O=C1[C@@H](NC2CCSCC2)CCCN1Cc1ccccc1. The lowest BCUT2D eigenvalue weighted by molar-refractivity contribution is -0.136. The van der Waals surface area contributed by atoms with E-state index in [4.69, 9.17) is 0 Å². The minimum atomic E-state index is 0.0376. The van der Waals surface area contributed by atoms with Gasteiger partial charge in [-0.15, -0.1) is 0 Å². The van der Waals surface area contributed by atoms with Crippen molar-refractivity contribution in [2.45, 2.75) is 44.3 Å². The Morgan fingerprint density at radius 2 is 1.90 bits per heavy atom. The lowest BCUT2D eigenvalue weighted by Crippen LogP contribution is -2.53. The summed E-state index contributed by atoms with van der Waals surface area (Å²) >= 11 is 2.03. The topological polar surface area (TPSA) is 32.3 Å². The number of amides is 1. The molecule has 2 saturated heterocycles. The van der Waals surface area contributed by atoms with Gasteiger partial charge in [0.2, 0.25) is 5.91 Å². The number of carbonyl (C=O) groups is 1. The van der Waals surface area contributed by atoms with Gasteiger partial charge in [0.15, 0.2) is 0 Å². The number of likely N-dealkylation sites (tertiary alicyclic amines) is 1. The summed E-state index contributed by atoms with van der Waals surface area (Å²) in [5.74, 6) is 2.75. The molecule has 1 atom stereocenters. The Labute approximate surface area is 131 Å². The van der Waals surface area contributed by atoms with Crippen molar-refractivity contribution in [3.8, 4) is 0 Å². The van der Waals surface area contributed by atoms with Crippen molar-refractivity contribution in [1.29, 1.82) is 0 Å². The number of benzene rings is 1. The van der Waals surface area contributed by atoms with Crippen molar-refractivity contribution >= 4 is 17.7 Å². The van der Waals surface area contributed by atoms with Crippen LogP contribution in [-0.4, -0.2) is 40.9 Å². The average molecular weight is 304 g/mol. The van der Waals surface area contributed by atoms with Crippen LogP contribution in [0.3, 0.4) is 0 Å². The lowest BCUT2D eigenvalue weighted by atomic mass is 10.0.